The maximum atomic E-state index is 6.28. The van der Waals surface area contributed by atoms with E-state index < -0.39 is 0 Å². The number of nitrogens with one attached hydrogen (secondary N) is 1. The van der Waals surface area contributed by atoms with Crippen molar-refractivity contribution < 1.29 is 4.74 Å². The summed E-state index contributed by atoms with van der Waals surface area (Å²) in [4.78, 5) is 0. The lowest BCUT2D eigenvalue weighted by atomic mass is 10.2. The van der Waals surface area contributed by atoms with Crippen molar-refractivity contribution in [1.82, 2.24) is 5.32 Å². The van der Waals surface area contributed by atoms with Gasteiger partial charge >= 0.3 is 0 Å². The lowest BCUT2D eigenvalue weighted by Crippen LogP contribution is -2.41. The van der Waals surface area contributed by atoms with Crippen molar-refractivity contribution in [2.75, 3.05) is 13.2 Å². The lowest BCUT2D eigenvalue weighted by Gasteiger charge is -2.15. The first-order valence-electron chi connectivity index (χ1n) is 6.74. The van der Waals surface area contributed by atoms with Gasteiger partial charge in [-0.1, -0.05) is 44.2 Å². The quantitative estimate of drug-likeness (QED) is 0.775. The van der Waals surface area contributed by atoms with Gasteiger partial charge in [0.05, 0.1) is 13.2 Å². The molecule has 18 heavy (non-hydrogen) atoms. The van der Waals surface area contributed by atoms with Gasteiger partial charge in [-0.3, -0.25) is 0 Å². The molecule has 0 unspecified atom stereocenters. The Morgan fingerprint density at radius 2 is 2.11 bits per heavy atom. The van der Waals surface area contributed by atoms with Gasteiger partial charge in [0, 0.05) is 24.0 Å². The molecule has 1 saturated carbocycles. The van der Waals surface area contributed by atoms with Gasteiger partial charge in [-0.15, -0.1) is 0 Å². The van der Waals surface area contributed by atoms with E-state index in [9.17, 15) is 0 Å². The van der Waals surface area contributed by atoms with Crippen LogP contribution < -0.4 is 11.1 Å². The fourth-order valence-corrected chi connectivity index (χ4v) is 2.13. The van der Waals surface area contributed by atoms with E-state index in [4.69, 9.17) is 10.5 Å². The molecule has 0 heterocycles. The first kappa shape index (κ1) is 13.5. The molecular weight excluding hydrogens is 224 g/mol. The van der Waals surface area contributed by atoms with E-state index in [0.717, 1.165) is 19.6 Å². The van der Waals surface area contributed by atoms with Gasteiger partial charge in [0.2, 0.25) is 0 Å². The van der Waals surface area contributed by atoms with E-state index in [2.05, 4.69) is 31.3 Å². The predicted octanol–water partition coefficient (Wildman–Crippen LogP) is 1.92. The van der Waals surface area contributed by atoms with E-state index in [-0.39, 0.29) is 5.54 Å². The van der Waals surface area contributed by atoms with Crippen LogP contribution in [0.2, 0.25) is 0 Å². The number of ether oxygens (including phenoxy) is 1. The molecule has 0 saturated heterocycles. The van der Waals surface area contributed by atoms with Crippen molar-refractivity contribution >= 4 is 0 Å². The number of hydrogen-bond acceptors (Lipinski definition) is 3. The van der Waals surface area contributed by atoms with Gasteiger partial charge in [0.25, 0.3) is 0 Å². The molecule has 3 nitrogen and oxygen atoms in total. The van der Waals surface area contributed by atoms with Crippen molar-refractivity contribution in [2.45, 2.75) is 38.5 Å². The Morgan fingerprint density at radius 1 is 1.39 bits per heavy atom. The predicted molar refractivity (Wildman–Crippen MR) is 74.3 cm³/mol. The molecule has 0 spiro atoms. The summed E-state index contributed by atoms with van der Waals surface area (Å²) >= 11 is 0. The third-order valence-electron chi connectivity index (χ3n) is 3.55. The minimum Gasteiger partial charge on any atom is -0.376 e. The van der Waals surface area contributed by atoms with Gasteiger partial charge in [0.15, 0.2) is 0 Å². The maximum absolute atomic E-state index is 6.28. The van der Waals surface area contributed by atoms with E-state index in [1.807, 2.05) is 18.2 Å². The highest BCUT2D eigenvalue weighted by Crippen LogP contribution is 2.40. The van der Waals surface area contributed by atoms with Crippen LogP contribution in [0.4, 0.5) is 0 Å². The summed E-state index contributed by atoms with van der Waals surface area (Å²) in [5, 5.41) is 3.41. The van der Waals surface area contributed by atoms with Crippen molar-refractivity contribution in [3.8, 4) is 0 Å². The molecule has 1 aromatic carbocycles. The molecule has 1 aliphatic rings. The molecule has 2 rings (SSSR count). The Balaban J connectivity index is 1.64. The molecule has 3 N–H and O–H groups in total. The summed E-state index contributed by atoms with van der Waals surface area (Å²) in [7, 11) is 0. The maximum Gasteiger partial charge on any atom is 0.0717 e. The molecule has 0 aromatic heterocycles. The molecule has 0 radical (unpaired) electrons. The standard InChI is InChI=1S/C15H24N2O/c1-12(2)17-11-15(16)8-14(15)10-18-9-13-6-4-3-5-7-13/h3-7,12,14,17H,8-11,16H2,1-2H3/t14-,15+/m1/s1. The third-order valence-corrected chi connectivity index (χ3v) is 3.55. The highest BCUT2D eigenvalue weighted by Gasteiger charge is 2.50. The van der Waals surface area contributed by atoms with Crippen LogP contribution in [0.5, 0.6) is 0 Å². The highest BCUT2D eigenvalue weighted by molar-refractivity contribution is 5.14. The molecular formula is C15H24N2O. The zero-order valence-electron chi connectivity index (χ0n) is 11.4. The van der Waals surface area contributed by atoms with Gasteiger partial charge in [-0.2, -0.15) is 0 Å². The zero-order valence-corrected chi connectivity index (χ0v) is 11.4. The Kier molecular flexibility index (Phi) is 4.38. The van der Waals surface area contributed by atoms with Crippen molar-refractivity contribution in [3.05, 3.63) is 35.9 Å². The van der Waals surface area contributed by atoms with E-state index in [0.29, 0.717) is 18.6 Å². The summed E-state index contributed by atoms with van der Waals surface area (Å²) in [6.07, 6.45) is 1.07. The summed E-state index contributed by atoms with van der Waals surface area (Å²) in [5.41, 5.74) is 7.46. The Morgan fingerprint density at radius 3 is 2.78 bits per heavy atom. The number of benzene rings is 1. The Hall–Kier alpha value is -0.900. The second-order valence-corrected chi connectivity index (χ2v) is 5.67. The number of rotatable bonds is 7. The largest absolute Gasteiger partial charge is 0.376 e. The first-order valence-corrected chi connectivity index (χ1v) is 6.74. The normalized spacial score (nSPS) is 26.6. The number of hydrogen-bond donors (Lipinski definition) is 2. The van der Waals surface area contributed by atoms with Crippen LogP contribution in [0.1, 0.15) is 25.8 Å². The molecule has 0 bridgehead atoms. The van der Waals surface area contributed by atoms with Crippen LogP contribution in [-0.2, 0) is 11.3 Å². The van der Waals surface area contributed by atoms with Crippen LogP contribution in [0, 0.1) is 5.92 Å². The highest BCUT2D eigenvalue weighted by atomic mass is 16.5. The Bertz CT molecular complexity index is 366. The molecule has 1 aromatic rings. The SMILES string of the molecule is CC(C)NC[C@@]1(N)C[C@@H]1COCc1ccccc1. The van der Waals surface area contributed by atoms with Crippen molar-refractivity contribution in [1.29, 1.82) is 0 Å². The molecule has 1 aliphatic carbocycles. The van der Waals surface area contributed by atoms with E-state index in [1.54, 1.807) is 0 Å². The topological polar surface area (TPSA) is 47.3 Å². The zero-order chi connectivity index (χ0) is 13.0. The van der Waals surface area contributed by atoms with Gasteiger partial charge in [0.1, 0.15) is 0 Å². The first-order chi connectivity index (χ1) is 8.60. The Labute approximate surface area is 110 Å². The summed E-state index contributed by atoms with van der Waals surface area (Å²) in [6, 6.07) is 10.8. The third kappa shape index (κ3) is 3.80. The van der Waals surface area contributed by atoms with Gasteiger partial charge in [-0.25, -0.2) is 0 Å². The molecule has 3 heteroatoms. The fourth-order valence-electron chi connectivity index (χ4n) is 2.13. The number of nitrogens with two attached hydrogens (primary N) is 1. The van der Waals surface area contributed by atoms with E-state index >= 15 is 0 Å². The molecule has 0 amide bonds. The smallest absolute Gasteiger partial charge is 0.0717 e. The summed E-state index contributed by atoms with van der Waals surface area (Å²) in [5.74, 6) is 0.507. The fraction of sp³-hybridized carbons (Fsp3) is 0.600. The monoisotopic (exact) mass is 248 g/mol. The van der Waals surface area contributed by atoms with Gasteiger partial charge in [-0.05, 0) is 12.0 Å². The van der Waals surface area contributed by atoms with Crippen LogP contribution in [-0.4, -0.2) is 24.7 Å². The summed E-state index contributed by atoms with van der Waals surface area (Å²) < 4.78 is 5.74. The molecule has 0 aliphatic heterocycles. The van der Waals surface area contributed by atoms with Crippen LogP contribution in [0.25, 0.3) is 0 Å². The molecule has 100 valence electrons. The average Bonchev–Trinajstić information content (AvgIpc) is 3.00. The minimum absolute atomic E-state index is 0.0407. The van der Waals surface area contributed by atoms with Gasteiger partial charge < -0.3 is 15.8 Å². The van der Waals surface area contributed by atoms with Crippen LogP contribution in [0.3, 0.4) is 0 Å². The average molecular weight is 248 g/mol. The minimum atomic E-state index is -0.0407. The van der Waals surface area contributed by atoms with Crippen LogP contribution in [0.15, 0.2) is 30.3 Å². The lowest BCUT2D eigenvalue weighted by molar-refractivity contribution is 0.106. The second kappa shape index (κ2) is 5.83. The molecule has 2 atom stereocenters. The van der Waals surface area contributed by atoms with Crippen LogP contribution >= 0.6 is 0 Å². The summed E-state index contributed by atoms with van der Waals surface area (Å²) in [6.45, 7) is 6.64. The van der Waals surface area contributed by atoms with E-state index in [1.165, 1.54) is 5.56 Å². The van der Waals surface area contributed by atoms with Crippen molar-refractivity contribution in [3.63, 3.8) is 0 Å². The molecule has 1 fully saturated rings. The second-order valence-electron chi connectivity index (χ2n) is 5.67. The van der Waals surface area contributed by atoms with Crippen molar-refractivity contribution in [2.24, 2.45) is 11.7 Å².